The van der Waals surface area contributed by atoms with Crippen LogP contribution in [0, 0.1) is 10.5 Å². The molecule has 1 aromatic carbocycles. The first kappa shape index (κ1) is 11.0. The van der Waals surface area contributed by atoms with E-state index in [-0.39, 0.29) is 6.10 Å². The minimum atomic E-state index is 0.272. The zero-order chi connectivity index (χ0) is 10.7. The fourth-order valence-corrected chi connectivity index (χ4v) is 2.56. The van der Waals surface area contributed by atoms with Crippen LogP contribution in [0.25, 0.3) is 0 Å². The van der Waals surface area contributed by atoms with Crippen LogP contribution in [0.2, 0.25) is 0 Å². The van der Waals surface area contributed by atoms with Crippen molar-refractivity contribution in [3.05, 3.63) is 39.5 Å². The van der Waals surface area contributed by atoms with Crippen molar-refractivity contribution in [1.29, 1.82) is 0 Å². The molecule has 0 aliphatic heterocycles. The summed E-state index contributed by atoms with van der Waals surface area (Å²) in [6.45, 7) is 2.10. The Morgan fingerprint density at radius 1 is 1.40 bits per heavy atom. The molecule has 1 nitrogen and oxygen atoms in total. The Morgan fingerprint density at radius 3 is 2.93 bits per heavy atom. The number of ether oxygens (including phenoxy) is 1. The van der Waals surface area contributed by atoms with Gasteiger partial charge in [0.25, 0.3) is 0 Å². The molecule has 0 saturated heterocycles. The SMILES string of the molecule is Cc1cccc(I)c1OC1C=CCCC1. The topological polar surface area (TPSA) is 9.23 Å². The molecule has 1 unspecified atom stereocenters. The second-order valence-corrected chi connectivity index (χ2v) is 5.06. The molecule has 0 saturated carbocycles. The summed E-state index contributed by atoms with van der Waals surface area (Å²) in [6.07, 6.45) is 8.26. The van der Waals surface area contributed by atoms with E-state index in [1.807, 2.05) is 0 Å². The van der Waals surface area contributed by atoms with Gasteiger partial charge in [-0.15, -0.1) is 0 Å². The second-order valence-electron chi connectivity index (χ2n) is 3.90. The number of rotatable bonds is 2. The summed E-state index contributed by atoms with van der Waals surface area (Å²) in [5.41, 5.74) is 1.22. The normalized spacial score (nSPS) is 20.3. The van der Waals surface area contributed by atoms with E-state index in [0.29, 0.717) is 0 Å². The number of aryl methyl sites for hydroxylation is 1. The highest BCUT2D eigenvalue weighted by Gasteiger charge is 2.12. The number of allylic oxidation sites excluding steroid dienone is 1. The van der Waals surface area contributed by atoms with Crippen molar-refractivity contribution in [3.8, 4) is 5.75 Å². The summed E-state index contributed by atoms with van der Waals surface area (Å²) in [7, 11) is 0. The van der Waals surface area contributed by atoms with Crippen molar-refractivity contribution in [1.82, 2.24) is 0 Å². The van der Waals surface area contributed by atoms with Crippen LogP contribution in [0.15, 0.2) is 30.4 Å². The predicted octanol–water partition coefficient (Wildman–Crippen LogP) is 4.09. The fourth-order valence-electron chi connectivity index (χ4n) is 1.80. The first-order valence-corrected chi connectivity index (χ1v) is 6.43. The van der Waals surface area contributed by atoms with Crippen LogP contribution in [0.1, 0.15) is 24.8 Å². The van der Waals surface area contributed by atoms with Gasteiger partial charge in [0.2, 0.25) is 0 Å². The molecule has 0 heterocycles. The zero-order valence-corrected chi connectivity index (χ0v) is 11.0. The molecule has 1 aromatic rings. The summed E-state index contributed by atoms with van der Waals surface area (Å²) in [6, 6.07) is 6.26. The third-order valence-corrected chi connectivity index (χ3v) is 3.49. The van der Waals surface area contributed by atoms with Crippen LogP contribution in [-0.4, -0.2) is 6.10 Å². The Labute approximate surface area is 105 Å². The first-order valence-electron chi connectivity index (χ1n) is 5.36. The smallest absolute Gasteiger partial charge is 0.136 e. The molecular formula is C13H15IO. The van der Waals surface area contributed by atoms with E-state index >= 15 is 0 Å². The standard InChI is InChI=1S/C13H15IO/c1-10-6-5-9-12(14)13(10)15-11-7-3-2-4-8-11/h3,5-7,9,11H,2,4,8H2,1H3. The van der Waals surface area contributed by atoms with E-state index in [0.717, 1.165) is 12.2 Å². The third-order valence-electron chi connectivity index (χ3n) is 2.64. The lowest BCUT2D eigenvalue weighted by atomic mass is 10.1. The van der Waals surface area contributed by atoms with Crippen molar-refractivity contribution in [3.63, 3.8) is 0 Å². The lowest BCUT2D eigenvalue weighted by molar-refractivity contribution is 0.227. The van der Waals surface area contributed by atoms with Gasteiger partial charge in [-0.25, -0.2) is 0 Å². The molecule has 1 aliphatic rings. The van der Waals surface area contributed by atoms with Crippen LogP contribution in [0.5, 0.6) is 5.75 Å². The summed E-state index contributed by atoms with van der Waals surface area (Å²) < 4.78 is 7.22. The summed E-state index contributed by atoms with van der Waals surface area (Å²) >= 11 is 2.33. The quantitative estimate of drug-likeness (QED) is 0.590. The molecule has 1 aliphatic carbocycles. The molecule has 0 spiro atoms. The van der Waals surface area contributed by atoms with Gasteiger partial charge in [-0.3, -0.25) is 0 Å². The van der Waals surface area contributed by atoms with Gasteiger partial charge in [0.1, 0.15) is 11.9 Å². The maximum absolute atomic E-state index is 6.02. The van der Waals surface area contributed by atoms with Gasteiger partial charge >= 0.3 is 0 Å². The highest BCUT2D eigenvalue weighted by atomic mass is 127. The molecular weight excluding hydrogens is 299 g/mol. The Hall–Kier alpha value is -0.510. The maximum atomic E-state index is 6.02. The van der Waals surface area contributed by atoms with Gasteiger partial charge in [0.15, 0.2) is 0 Å². The van der Waals surface area contributed by atoms with E-state index < -0.39 is 0 Å². The minimum absolute atomic E-state index is 0.272. The Morgan fingerprint density at radius 2 is 2.27 bits per heavy atom. The van der Waals surface area contributed by atoms with Crippen LogP contribution >= 0.6 is 22.6 Å². The highest BCUT2D eigenvalue weighted by Crippen LogP contribution is 2.27. The zero-order valence-electron chi connectivity index (χ0n) is 8.87. The fraction of sp³-hybridized carbons (Fsp3) is 0.385. The van der Waals surface area contributed by atoms with E-state index in [1.54, 1.807) is 0 Å². The first-order chi connectivity index (χ1) is 7.27. The van der Waals surface area contributed by atoms with Gasteiger partial charge in [0, 0.05) is 0 Å². The molecule has 1 atom stereocenters. The largest absolute Gasteiger partial charge is 0.485 e. The Kier molecular flexibility index (Phi) is 3.67. The van der Waals surface area contributed by atoms with Crippen LogP contribution in [0.4, 0.5) is 0 Å². The van der Waals surface area contributed by atoms with Crippen LogP contribution in [0.3, 0.4) is 0 Å². The highest BCUT2D eigenvalue weighted by molar-refractivity contribution is 14.1. The van der Waals surface area contributed by atoms with Gasteiger partial charge in [-0.1, -0.05) is 18.2 Å². The van der Waals surface area contributed by atoms with Crippen molar-refractivity contribution in [2.24, 2.45) is 0 Å². The van der Waals surface area contributed by atoms with Gasteiger partial charge in [-0.2, -0.15) is 0 Å². The van der Waals surface area contributed by atoms with Crippen molar-refractivity contribution >= 4 is 22.6 Å². The molecule has 0 radical (unpaired) electrons. The van der Waals surface area contributed by atoms with Gasteiger partial charge < -0.3 is 4.74 Å². The number of hydrogen-bond donors (Lipinski definition) is 0. The number of hydrogen-bond acceptors (Lipinski definition) is 1. The molecule has 0 N–H and O–H groups in total. The van der Waals surface area contributed by atoms with Crippen LogP contribution < -0.4 is 4.74 Å². The minimum Gasteiger partial charge on any atom is -0.485 e. The van der Waals surface area contributed by atoms with E-state index in [2.05, 4.69) is 59.9 Å². The average molecular weight is 314 g/mol. The van der Waals surface area contributed by atoms with Crippen molar-refractivity contribution < 1.29 is 4.74 Å². The summed E-state index contributed by atoms with van der Waals surface area (Å²) in [5.74, 6) is 1.05. The maximum Gasteiger partial charge on any atom is 0.136 e. The molecule has 15 heavy (non-hydrogen) atoms. The Bertz CT molecular complexity index is 351. The van der Waals surface area contributed by atoms with Crippen LogP contribution in [-0.2, 0) is 0 Å². The molecule has 2 heteroatoms. The third kappa shape index (κ3) is 2.74. The lowest BCUT2D eigenvalue weighted by Crippen LogP contribution is -2.16. The van der Waals surface area contributed by atoms with Crippen molar-refractivity contribution in [2.45, 2.75) is 32.3 Å². The molecule has 0 aromatic heterocycles. The summed E-state index contributed by atoms with van der Waals surface area (Å²) in [4.78, 5) is 0. The predicted molar refractivity (Wildman–Crippen MR) is 71.3 cm³/mol. The number of para-hydroxylation sites is 1. The molecule has 0 amide bonds. The van der Waals surface area contributed by atoms with E-state index in [9.17, 15) is 0 Å². The van der Waals surface area contributed by atoms with Crippen molar-refractivity contribution in [2.75, 3.05) is 0 Å². The molecule has 0 fully saturated rings. The van der Waals surface area contributed by atoms with E-state index in [4.69, 9.17) is 4.74 Å². The monoisotopic (exact) mass is 314 g/mol. The van der Waals surface area contributed by atoms with E-state index in [1.165, 1.54) is 22.0 Å². The second kappa shape index (κ2) is 5.01. The molecule has 0 bridgehead atoms. The number of benzene rings is 1. The molecule has 2 rings (SSSR count). The average Bonchev–Trinajstić information content (AvgIpc) is 2.25. The Balaban J connectivity index is 2.16. The lowest BCUT2D eigenvalue weighted by Gasteiger charge is -2.20. The van der Waals surface area contributed by atoms with Gasteiger partial charge in [-0.05, 0) is 66.5 Å². The number of halogens is 1. The molecule has 80 valence electrons. The summed E-state index contributed by atoms with van der Waals surface area (Å²) in [5, 5.41) is 0. The van der Waals surface area contributed by atoms with Gasteiger partial charge in [0.05, 0.1) is 3.57 Å².